The second-order valence-electron chi connectivity index (χ2n) is 8.10. The van der Waals surface area contributed by atoms with Gasteiger partial charge in [0.25, 0.3) is 0 Å². The van der Waals surface area contributed by atoms with Crippen LogP contribution in [0.2, 0.25) is 0 Å². The molecule has 0 aromatic rings. The first-order chi connectivity index (χ1) is 9.83. The Balaban J connectivity index is 2.22. The maximum absolute atomic E-state index is 11.8. The van der Waals surface area contributed by atoms with E-state index in [0.29, 0.717) is 17.3 Å². The van der Waals surface area contributed by atoms with Crippen LogP contribution in [0, 0.1) is 22.7 Å². The Bertz CT molecular complexity index is 447. The first-order valence-electron chi connectivity index (χ1n) is 8.65. The number of allylic oxidation sites excluding steroid dienone is 3. The summed E-state index contributed by atoms with van der Waals surface area (Å²) in [4.78, 5) is 11.8. The zero-order valence-corrected chi connectivity index (χ0v) is 14.4. The van der Waals surface area contributed by atoms with Crippen LogP contribution in [-0.4, -0.2) is 6.29 Å². The number of hydrogen-bond acceptors (Lipinski definition) is 1. The maximum atomic E-state index is 11.8. The van der Waals surface area contributed by atoms with Crippen LogP contribution < -0.4 is 0 Å². The van der Waals surface area contributed by atoms with Crippen molar-refractivity contribution >= 4 is 6.29 Å². The second-order valence-corrected chi connectivity index (χ2v) is 8.10. The van der Waals surface area contributed by atoms with Crippen LogP contribution in [0.5, 0.6) is 0 Å². The SMILES string of the molecule is C=C(C)CCC[C@@]1(C)CCC[C@H]2C1=CC[C@H](C)[C@@]2(C)C=O. The normalized spacial score (nSPS) is 39.3. The van der Waals surface area contributed by atoms with Gasteiger partial charge in [-0.1, -0.05) is 44.4 Å². The molecule has 0 aromatic heterocycles. The predicted octanol–water partition coefficient (Wildman–Crippen LogP) is 5.71. The van der Waals surface area contributed by atoms with Crippen molar-refractivity contribution < 1.29 is 4.79 Å². The summed E-state index contributed by atoms with van der Waals surface area (Å²) in [5.41, 5.74) is 3.04. The lowest BCUT2D eigenvalue weighted by molar-refractivity contribution is -0.122. The van der Waals surface area contributed by atoms with Crippen LogP contribution in [0.25, 0.3) is 0 Å². The topological polar surface area (TPSA) is 17.1 Å². The third kappa shape index (κ3) is 3.03. The summed E-state index contributed by atoms with van der Waals surface area (Å²) < 4.78 is 0. The van der Waals surface area contributed by atoms with E-state index < -0.39 is 0 Å². The van der Waals surface area contributed by atoms with Crippen molar-refractivity contribution in [2.75, 3.05) is 0 Å². The fourth-order valence-electron chi connectivity index (χ4n) is 4.60. The van der Waals surface area contributed by atoms with Crippen molar-refractivity contribution in [1.29, 1.82) is 0 Å². The third-order valence-electron chi connectivity index (χ3n) is 6.38. The predicted molar refractivity (Wildman–Crippen MR) is 90.1 cm³/mol. The molecule has 1 fully saturated rings. The van der Waals surface area contributed by atoms with E-state index in [1.54, 1.807) is 5.57 Å². The van der Waals surface area contributed by atoms with Gasteiger partial charge in [0.05, 0.1) is 0 Å². The molecule has 0 unspecified atom stereocenters. The molecule has 0 heterocycles. The highest BCUT2D eigenvalue weighted by Crippen LogP contribution is 2.57. The first kappa shape index (κ1) is 16.5. The van der Waals surface area contributed by atoms with Gasteiger partial charge in [0, 0.05) is 5.41 Å². The molecule has 0 saturated heterocycles. The van der Waals surface area contributed by atoms with Crippen molar-refractivity contribution in [3.63, 3.8) is 0 Å². The third-order valence-corrected chi connectivity index (χ3v) is 6.38. The van der Waals surface area contributed by atoms with Gasteiger partial charge in [-0.3, -0.25) is 0 Å². The minimum absolute atomic E-state index is 0.153. The second kappa shape index (κ2) is 6.10. The number of fused-ring (bicyclic) bond motifs is 1. The molecule has 2 aliphatic rings. The lowest BCUT2D eigenvalue weighted by Crippen LogP contribution is -2.45. The van der Waals surface area contributed by atoms with Gasteiger partial charge in [-0.05, 0) is 62.7 Å². The monoisotopic (exact) mass is 288 g/mol. The number of rotatable bonds is 5. The van der Waals surface area contributed by atoms with E-state index in [4.69, 9.17) is 0 Å². The van der Waals surface area contributed by atoms with Crippen molar-refractivity contribution in [2.45, 2.75) is 72.6 Å². The van der Waals surface area contributed by atoms with Crippen LogP contribution in [0.3, 0.4) is 0 Å². The highest BCUT2D eigenvalue weighted by molar-refractivity contribution is 5.62. The zero-order chi connectivity index (χ0) is 15.7. The molecule has 2 rings (SSSR count). The molecule has 1 heteroatoms. The Morgan fingerprint density at radius 2 is 2.19 bits per heavy atom. The summed E-state index contributed by atoms with van der Waals surface area (Å²) in [6, 6.07) is 0. The highest BCUT2D eigenvalue weighted by Gasteiger charge is 2.49. The van der Waals surface area contributed by atoms with E-state index in [1.807, 2.05) is 0 Å². The number of hydrogen-bond donors (Lipinski definition) is 0. The Morgan fingerprint density at radius 3 is 2.81 bits per heavy atom. The fourth-order valence-corrected chi connectivity index (χ4v) is 4.60. The minimum Gasteiger partial charge on any atom is -0.303 e. The standard InChI is InChI=1S/C20H32O/c1-15(2)8-6-12-19(4)13-7-9-18-17(19)11-10-16(3)20(18,5)14-21/h11,14,16,18H,1,6-10,12-13H2,2-5H3/t16-,18-,19-,20+/m0/s1. The van der Waals surface area contributed by atoms with E-state index in [0.717, 1.165) is 12.8 Å². The quantitative estimate of drug-likeness (QED) is 0.467. The van der Waals surface area contributed by atoms with Crippen LogP contribution in [0.4, 0.5) is 0 Å². The average Bonchev–Trinajstić information content (AvgIpc) is 2.43. The molecule has 0 N–H and O–H groups in total. The van der Waals surface area contributed by atoms with Gasteiger partial charge in [-0.2, -0.15) is 0 Å². The average molecular weight is 288 g/mol. The first-order valence-corrected chi connectivity index (χ1v) is 8.65. The zero-order valence-electron chi connectivity index (χ0n) is 14.4. The van der Waals surface area contributed by atoms with Crippen molar-refractivity contribution in [2.24, 2.45) is 22.7 Å². The van der Waals surface area contributed by atoms with Gasteiger partial charge in [0.15, 0.2) is 0 Å². The Hall–Kier alpha value is -0.850. The number of carbonyl (C=O) groups excluding carboxylic acids is 1. The number of aldehydes is 1. The van der Waals surface area contributed by atoms with Gasteiger partial charge in [0.1, 0.15) is 6.29 Å². The molecule has 0 radical (unpaired) electrons. The van der Waals surface area contributed by atoms with E-state index in [9.17, 15) is 4.79 Å². The Labute approximate surface area is 130 Å². The molecule has 2 aliphatic carbocycles. The summed E-state index contributed by atoms with van der Waals surface area (Å²) in [5.74, 6) is 0.948. The van der Waals surface area contributed by atoms with Crippen molar-refractivity contribution in [1.82, 2.24) is 0 Å². The molecule has 21 heavy (non-hydrogen) atoms. The smallest absolute Gasteiger partial charge is 0.126 e. The molecule has 4 atom stereocenters. The summed E-state index contributed by atoms with van der Waals surface area (Å²) in [6.07, 6.45) is 12.2. The van der Waals surface area contributed by atoms with E-state index in [-0.39, 0.29) is 5.41 Å². The van der Waals surface area contributed by atoms with Crippen molar-refractivity contribution in [3.05, 3.63) is 23.8 Å². The molecule has 0 bridgehead atoms. The summed E-state index contributed by atoms with van der Waals surface area (Å²) in [6.45, 7) is 13.0. The lowest BCUT2D eigenvalue weighted by Gasteiger charge is -2.51. The molecule has 0 aliphatic heterocycles. The summed E-state index contributed by atoms with van der Waals surface area (Å²) >= 11 is 0. The summed E-state index contributed by atoms with van der Waals surface area (Å²) in [5, 5.41) is 0. The minimum atomic E-state index is -0.153. The van der Waals surface area contributed by atoms with Crippen LogP contribution in [-0.2, 0) is 4.79 Å². The molecular weight excluding hydrogens is 256 g/mol. The van der Waals surface area contributed by atoms with Crippen LogP contribution >= 0.6 is 0 Å². The van der Waals surface area contributed by atoms with E-state index in [2.05, 4.69) is 40.3 Å². The van der Waals surface area contributed by atoms with Gasteiger partial charge in [-0.15, -0.1) is 6.58 Å². The lowest BCUT2D eigenvalue weighted by atomic mass is 9.52. The van der Waals surface area contributed by atoms with E-state index in [1.165, 1.54) is 44.0 Å². The molecule has 0 aromatic carbocycles. The molecule has 1 nitrogen and oxygen atoms in total. The molecule has 0 amide bonds. The van der Waals surface area contributed by atoms with Gasteiger partial charge >= 0.3 is 0 Å². The van der Waals surface area contributed by atoms with E-state index >= 15 is 0 Å². The van der Waals surface area contributed by atoms with Crippen molar-refractivity contribution in [3.8, 4) is 0 Å². The largest absolute Gasteiger partial charge is 0.303 e. The van der Waals surface area contributed by atoms with Crippen LogP contribution in [0.15, 0.2) is 23.8 Å². The Kier molecular flexibility index (Phi) is 4.80. The Morgan fingerprint density at radius 1 is 1.48 bits per heavy atom. The molecule has 1 saturated carbocycles. The summed E-state index contributed by atoms with van der Waals surface area (Å²) in [7, 11) is 0. The van der Waals surface area contributed by atoms with Gasteiger partial charge in [-0.25, -0.2) is 0 Å². The molecular formula is C20H32O. The molecule has 0 spiro atoms. The highest BCUT2D eigenvalue weighted by atomic mass is 16.1. The van der Waals surface area contributed by atoms with Gasteiger partial charge in [0.2, 0.25) is 0 Å². The number of carbonyl (C=O) groups is 1. The maximum Gasteiger partial charge on any atom is 0.126 e. The molecule has 118 valence electrons. The van der Waals surface area contributed by atoms with Crippen LogP contribution in [0.1, 0.15) is 72.6 Å². The van der Waals surface area contributed by atoms with Gasteiger partial charge < -0.3 is 4.79 Å². The fraction of sp³-hybridized carbons (Fsp3) is 0.750.